The van der Waals surface area contributed by atoms with Crippen LogP contribution in [0.2, 0.25) is 0 Å². The summed E-state index contributed by atoms with van der Waals surface area (Å²) in [5.41, 5.74) is 2.76. The van der Waals surface area contributed by atoms with Crippen LogP contribution in [0.3, 0.4) is 0 Å². The zero-order valence-electron chi connectivity index (χ0n) is 8.22. The maximum absolute atomic E-state index is 3.53. The number of para-hydroxylation sites is 1. The monoisotopic (exact) mass is 175 g/mol. The first kappa shape index (κ1) is 8.61. The highest BCUT2D eigenvalue weighted by Crippen LogP contribution is 2.29. The Morgan fingerprint density at radius 3 is 2.77 bits per heavy atom. The van der Waals surface area contributed by atoms with Gasteiger partial charge in [-0.15, -0.1) is 0 Å². The molecule has 2 rings (SSSR count). The van der Waals surface area contributed by atoms with Gasteiger partial charge in [0, 0.05) is 12.2 Å². The maximum atomic E-state index is 3.53. The standard InChI is InChI=1S/C12H17N/c1-2-11-5-3-4-6-12(11)13-9-10-7-8-10/h3-6,10,13H,2,7-9H2,1H3. The molecule has 1 heteroatoms. The van der Waals surface area contributed by atoms with E-state index < -0.39 is 0 Å². The van der Waals surface area contributed by atoms with E-state index in [4.69, 9.17) is 0 Å². The second-order valence-electron chi connectivity index (χ2n) is 3.83. The summed E-state index contributed by atoms with van der Waals surface area (Å²) in [6.45, 7) is 3.37. The van der Waals surface area contributed by atoms with Crippen LogP contribution in [0.25, 0.3) is 0 Å². The van der Waals surface area contributed by atoms with Gasteiger partial charge in [0.15, 0.2) is 0 Å². The van der Waals surface area contributed by atoms with Gasteiger partial charge in [-0.1, -0.05) is 25.1 Å². The molecule has 0 aliphatic heterocycles. The van der Waals surface area contributed by atoms with Crippen LogP contribution in [-0.4, -0.2) is 6.54 Å². The SMILES string of the molecule is CCc1ccccc1NCC1CC1. The van der Waals surface area contributed by atoms with E-state index in [0.717, 1.165) is 18.9 Å². The molecule has 0 radical (unpaired) electrons. The van der Waals surface area contributed by atoms with Gasteiger partial charge in [0.1, 0.15) is 0 Å². The molecule has 1 fully saturated rings. The third-order valence-electron chi connectivity index (χ3n) is 2.68. The van der Waals surface area contributed by atoms with Crippen molar-refractivity contribution < 1.29 is 0 Å². The Labute approximate surface area is 80.2 Å². The maximum Gasteiger partial charge on any atom is 0.0372 e. The van der Waals surface area contributed by atoms with Crippen LogP contribution in [0.1, 0.15) is 25.3 Å². The number of benzene rings is 1. The molecule has 0 aromatic heterocycles. The first-order valence-corrected chi connectivity index (χ1v) is 5.22. The van der Waals surface area contributed by atoms with Crippen molar-refractivity contribution in [2.24, 2.45) is 5.92 Å². The van der Waals surface area contributed by atoms with Gasteiger partial charge in [0.25, 0.3) is 0 Å². The number of nitrogens with one attached hydrogen (secondary N) is 1. The van der Waals surface area contributed by atoms with E-state index in [1.807, 2.05) is 0 Å². The molecule has 1 aromatic carbocycles. The first-order chi connectivity index (χ1) is 6.40. The number of hydrogen-bond acceptors (Lipinski definition) is 1. The highest BCUT2D eigenvalue weighted by Gasteiger charge is 2.20. The fourth-order valence-electron chi connectivity index (χ4n) is 1.58. The van der Waals surface area contributed by atoms with E-state index in [1.54, 1.807) is 0 Å². The van der Waals surface area contributed by atoms with Gasteiger partial charge >= 0.3 is 0 Å². The largest absolute Gasteiger partial charge is 0.385 e. The summed E-state index contributed by atoms with van der Waals surface area (Å²) in [7, 11) is 0. The van der Waals surface area contributed by atoms with E-state index >= 15 is 0 Å². The second kappa shape index (κ2) is 3.82. The molecule has 0 spiro atoms. The van der Waals surface area contributed by atoms with Gasteiger partial charge in [0.2, 0.25) is 0 Å². The molecule has 1 nitrogen and oxygen atoms in total. The minimum atomic E-state index is 0.949. The van der Waals surface area contributed by atoms with Crippen molar-refractivity contribution in [3.05, 3.63) is 29.8 Å². The molecule has 1 aliphatic carbocycles. The Kier molecular flexibility index (Phi) is 2.53. The Morgan fingerprint density at radius 2 is 2.08 bits per heavy atom. The van der Waals surface area contributed by atoms with Gasteiger partial charge in [-0.05, 0) is 36.8 Å². The van der Waals surface area contributed by atoms with Gasteiger partial charge < -0.3 is 5.32 Å². The normalized spacial score (nSPS) is 15.8. The zero-order chi connectivity index (χ0) is 9.10. The summed E-state index contributed by atoms with van der Waals surface area (Å²) in [4.78, 5) is 0. The zero-order valence-corrected chi connectivity index (χ0v) is 8.22. The van der Waals surface area contributed by atoms with E-state index in [1.165, 1.54) is 24.1 Å². The Bertz CT molecular complexity index is 276. The molecule has 0 unspecified atom stereocenters. The average Bonchev–Trinajstić information content (AvgIpc) is 2.99. The number of rotatable bonds is 4. The summed E-state index contributed by atoms with van der Waals surface area (Å²) in [6, 6.07) is 8.60. The summed E-state index contributed by atoms with van der Waals surface area (Å²) in [5.74, 6) is 0.949. The fourth-order valence-corrected chi connectivity index (χ4v) is 1.58. The Hall–Kier alpha value is -0.980. The van der Waals surface area contributed by atoms with Crippen LogP contribution in [0, 0.1) is 5.92 Å². The predicted octanol–water partition coefficient (Wildman–Crippen LogP) is 3.07. The summed E-state index contributed by atoms with van der Waals surface area (Å²) in [5, 5.41) is 3.53. The lowest BCUT2D eigenvalue weighted by molar-refractivity contribution is 0.886. The molecule has 0 saturated heterocycles. The van der Waals surface area contributed by atoms with E-state index in [0.29, 0.717) is 0 Å². The molecule has 0 atom stereocenters. The van der Waals surface area contributed by atoms with Gasteiger partial charge in [-0.3, -0.25) is 0 Å². The average molecular weight is 175 g/mol. The smallest absolute Gasteiger partial charge is 0.0372 e. The molecule has 70 valence electrons. The van der Waals surface area contributed by atoms with Crippen LogP contribution in [0.5, 0.6) is 0 Å². The second-order valence-corrected chi connectivity index (χ2v) is 3.83. The predicted molar refractivity (Wildman–Crippen MR) is 57.0 cm³/mol. The summed E-state index contributed by atoms with van der Waals surface area (Å²) < 4.78 is 0. The van der Waals surface area contributed by atoms with Crippen molar-refractivity contribution in [2.75, 3.05) is 11.9 Å². The number of anilines is 1. The molecular weight excluding hydrogens is 158 g/mol. The third kappa shape index (κ3) is 2.24. The quantitative estimate of drug-likeness (QED) is 0.741. The topological polar surface area (TPSA) is 12.0 Å². The highest BCUT2D eigenvalue weighted by atomic mass is 14.9. The van der Waals surface area contributed by atoms with E-state index in [9.17, 15) is 0 Å². The van der Waals surface area contributed by atoms with Crippen LogP contribution >= 0.6 is 0 Å². The van der Waals surface area contributed by atoms with Gasteiger partial charge in [-0.25, -0.2) is 0 Å². The van der Waals surface area contributed by atoms with Crippen LogP contribution < -0.4 is 5.32 Å². The molecule has 0 heterocycles. The molecule has 0 amide bonds. The Morgan fingerprint density at radius 1 is 1.31 bits per heavy atom. The van der Waals surface area contributed by atoms with Crippen molar-refractivity contribution in [3.8, 4) is 0 Å². The van der Waals surface area contributed by atoms with Crippen molar-refractivity contribution in [1.29, 1.82) is 0 Å². The summed E-state index contributed by atoms with van der Waals surface area (Å²) in [6.07, 6.45) is 3.95. The van der Waals surface area contributed by atoms with E-state index in [-0.39, 0.29) is 0 Å². The fraction of sp³-hybridized carbons (Fsp3) is 0.500. The minimum Gasteiger partial charge on any atom is -0.385 e. The van der Waals surface area contributed by atoms with Crippen molar-refractivity contribution in [3.63, 3.8) is 0 Å². The lowest BCUT2D eigenvalue weighted by Gasteiger charge is -2.09. The van der Waals surface area contributed by atoms with Crippen molar-refractivity contribution in [2.45, 2.75) is 26.2 Å². The Balaban J connectivity index is 1.99. The lowest BCUT2D eigenvalue weighted by atomic mass is 10.1. The molecular formula is C12H17N. The molecule has 1 aromatic rings. The van der Waals surface area contributed by atoms with Crippen molar-refractivity contribution >= 4 is 5.69 Å². The number of aryl methyl sites for hydroxylation is 1. The van der Waals surface area contributed by atoms with Gasteiger partial charge in [0.05, 0.1) is 0 Å². The minimum absolute atomic E-state index is 0.949. The third-order valence-corrected chi connectivity index (χ3v) is 2.68. The lowest BCUT2D eigenvalue weighted by Crippen LogP contribution is -2.05. The van der Waals surface area contributed by atoms with Crippen LogP contribution in [0.15, 0.2) is 24.3 Å². The molecule has 1 aliphatic rings. The van der Waals surface area contributed by atoms with Gasteiger partial charge in [-0.2, -0.15) is 0 Å². The van der Waals surface area contributed by atoms with E-state index in [2.05, 4.69) is 36.5 Å². The van der Waals surface area contributed by atoms with Crippen LogP contribution in [-0.2, 0) is 6.42 Å². The van der Waals surface area contributed by atoms with Crippen LogP contribution in [0.4, 0.5) is 5.69 Å². The molecule has 1 N–H and O–H groups in total. The first-order valence-electron chi connectivity index (χ1n) is 5.22. The highest BCUT2D eigenvalue weighted by molar-refractivity contribution is 5.51. The number of hydrogen-bond donors (Lipinski definition) is 1. The molecule has 0 bridgehead atoms. The molecule has 13 heavy (non-hydrogen) atoms. The van der Waals surface area contributed by atoms with Crippen molar-refractivity contribution in [1.82, 2.24) is 0 Å². The summed E-state index contributed by atoms with van der Waals surface area (Å²) >= 11 is 0. The molecule has 1 saturated carbocycles.